The van der Waals surface area contributed by atoms with Crippen molar-refractivity contribution in [3.8, 4) is 11.5 Å². The third-order valence-electron chi connectivity index (χ3n) is 4.85. The summed E-state index contributed by atoms with van der Waals surface area (Å²) < 4.78 is 15.9. The molecular weight excluding hydrogens is 426 g/mol. The van der Waals surface area contributed by atoms with Gasteiger partial charge in [-0.2, -0.15) is 0 Å². The second-order valence-corrected chi connectivity index (χ2v) is 8.73. The van der Waals surface area contributed by atoms with Gasteiger partial charge in [-0.15, -0.1) is 0 Å². The summed E-state index contributed by atoms with van der Waals surface area (Å²) in [4.78, 5) is 32.3. The van der Waals surface area contributed by atoms with Crippen LogP contribution in [-0.2, 0) is 9.47 Å². The molecule has 2 aromatic carbocycles. The zero-order chi connectivity index (χ0) is 23.6. The Hall–Kier alpha value is -3.95. The Morgan fingerprint density at radius 2 is 1.79 bits per heavy atom. The number of likely N-dealkylation sites (tertiary alicyclic amines) is 1. The SMILES string of the molecule is COC(=O)Nc1nc2ccc(Oc3ccc(NC4CN(C(=O)OC(C)(C)C)C4)cc3)cc2[nH]1. The van der Waals surface area contributed by atoms with Crippen LogP contribution in [0, 0.1) is 0 Å². The second kappa shape index (κ2) is 8.89. The molecule has 174 valence electrons. The smallest absolute Gasteiger partial charge is 0.413 e. The first kappa shape index (κ1) is 22.3. The third kappa shape index (κ3) is 5.65. The zero-order valence-corrected chi connectivity index (χ0v) is 19.0. The van der Waals surface area contributed by atoms with E-state index >= 15 is 0 Å². The molecule has 1 fully saturated rings. The van der Waals surface area contributed by atoms with Gasteiger partial charge in [-0.3, -0.25) is 5.32 Å². The van der Waals surface area contributed by atoms with Gasteiger partial charge in [0.25, 0.3) is 0 Å². The number of fused-ring (bicyclic) bond motifs is 1. The molecular formula is C23H27N5O5. The van der Waals surface area contributed by atoms with Crippen LogP contribution in [0.15, 0.2) is 42.5 Å². The lowest BCUT2D eigenvalue weighted by atomic mass is 10.1. The molecule has 1 saturated heterocycles. The van der Waals surface area contributed by atoms with Crippen LogP contribution in [0.25, 0.3) is 11.0 Å². The van der Waals surface area contributed by atoms with Gasteiger partial charge >= 0.3 is 12.2 Å². The summed E-state index contributed by atoms with van der Waals surface area (Å²) in [6, 6.07) is 13.2. The minimum atomic E-state index is -0.598. The Labute approximate surface area is 191 Å². The molecule has 2 amide bonds. The van der Waals surface area contributed by atoms with Crippen molar-refractivity contribution in [1.82, 2.24) is 14.9 Å². The molecule has 0 bridgehead atoms. The van der Waals surface area contributed by atoms with Crippen molar-refractivity contribution < 1.29 is 23.8 Å². The topological polar surface area (TPSA) is 118 Å². The van der Waals surface area contributed by atoms with Crippen molar-refractivity contribution in [2.45, 2.75) is 32.4 Å². The van der Waals surface area contributed by atoms with Crippen molar-refractivity contribution in [2.24, 2.45) is 0 Å². The Balaban J connectivity index is 1.30. The van der Waals surface area contributed by atoms with Gasteiger partial charge in [0.2, 0.25) is 5.95 Å². The van der Waals surface area contributed by atoms with Crippen LogP contribution in [0.4, 0.5) is 21.2 Å². The van der Waals surface area contributed by atoms with E-state index in [9.17, 15) is 9.59 Å². The molecule has 4 rings (SSSR count). The maximum Gasteiger partial charge on any atom is 0.413 e. The number of nitrogens with one attached hydrogen (secondary N) is 3. The highest BCUT2D eigenvalue weighted by Crippen LogP contribution is 2.27. The number of rotatable bonds is 5. The molecule has 3 aromatic rings. The number of aromatic amines is 1. The van der Waals surface area contributed by atoms with Gasteiger partial charge in [-0.05, 0) is 57.2 Å². The number of amides is 2. The molecule has 3 N–H and O–H groups in total. The van der Waals surface area contributed by atoms with Crippen LogP contribution >= 0.6 is 0 Å². The molecule has 10 nitrogen and oxygen atoms in total. The van der Waals surface area contributed by atoms with Crippen molar-refractivity contribution >= 4 is 34.9 Å². The van der Waals surface area contributed by atoms with Crippen molar-refractivity contribution in [1.29, 1.82) is 0 Å². The lowest BCUT2D eigenvalue weighted by Gasteiger charge is -2.40. The minimum absolute atomic E-state index is 0.180. The molecule has 0 aliphatic carbocycles. The van der Waals surface area contributed by atoms with Gasteiger partial charge in [0.15, 0.2) is 0 Å². The van der Waals surface area contributed by atoms with Crippen molar-refractivity contribution in [2.75, 3.05) is 30.8 Å². The Morgan fingerprint density at radius 1 is 1.09 bits per heavy atom. The number of ether oxygens (including phenoxy) is 3. The van der Waals surface area contributed by atoms with E-state index < -0.39 is 11.7 Å². The normalized spacial score (nSPS) is 13.9. The summed E-state index contributed by atoms with van der Waals surface area (Å²) in [6.45, 7) is 6.78. The minimum Gasteiger partial charge on any atom is -0.457 e. The Bertz CT molecular complexity index is 1150. The van der Waals surface area contributed by atoms with Crippen molar-refractivity contribution in [3.63, 3.8) is 0 Å². The first-order chi connectivity index (χ1) is 15.7. The molecule has 2 heterocycles. The number of nitrogens with zero attached hydrogens (tertiary/aromatic N) is 2. The number of anilines is 2. The lowest BCUT2D eigenvalue weighted by molar-refractivity contribution is 0.0105. The van der Waals surface area contributed by atoms with Crippen LogP contribution in [0.1, 0.15) is 20.8 Å². The number of carbonyl (C=O) groups excluding carboxylic acids is 2. The molecule has 0 atom stereocenters. The molecule has 0 saturated carbocycles. The first-order valence-electron chi connectivity index (χ1n) is 10.6. The predicted octanol–water partition coefficient (Wildman–Crippen LogP) is 4.56. The fraction of sp³-hybridized carbons (Fsp3) is 0.348. The average Bonchev–Trinajstić information content (AvgIpc) is 3.11. The molecule has 0 spiro atoms. The highest BCUT2D eigenvalue weighted by Gasteiger charge is 2.33. The maximum atomic E-state index is 12.0. The number of benzene rings is 2. The van der Waals surface area contributed by atoms with E-state index in [4.69, 9.17) is 9.47 Å². The molecule has 1 aliphatic rings. The van der Waals surface area contributed by atoms with E-state index in [0.717, 1.165) is 11.2 Å². The Morgan fingerprint density at radius 3 is 2.45 bits per heavy atom. The van der Waals surface area contributed by atoms with Crippen molar-refractivity contribution in [3.05, 3.63) is 42.5 Å². The third-order valence-corrected chi connectivity index (χ3v) is 4.85. The largest absolute Gasteiger partial charge is 0.457 e. The lowest BCUT2D eigenvalue weighted by Crippen LogP contribution is -2.57. The molecule has 1 aromatic heterocycles. The maximum absolute atomic E-state index is 12.0. The number of hydrogen-bond acceptors (Lipinski definition) is 7. The van der Waals surface area contributed by atoms with Gasteiger partial charge in [0.05, 0.1) is 24.2 Å². The number of methoxy groups -OCH3 is 1. The van der Waals surface area contributed by atoms with Gasteiger partial charge < -0.3 is 29.4 Å². The Kier molecular flexibility index (Phi) is 5.99. The van der Waals surface area contributed by atoms with Crippen LogP contribution in [0.5, 0.6) is 11.5 Å². The van der Waals surface area contributed by atoms with E-state index in [0.29, 0.717) is 36.1 Å². The summed E-state index contributed by atoms with van der Waals surface area (Å²) in [5.41, 5.74) is 1.86. The average molecular weight is 453 g/mol. The standard InChI is InChI=1S/C23H27N5O5/c1-23(2,3)33-22(30)28-12-15(13-28)24-14-5-7-16(8-6-14)32-17-9-10-18-19(11-17)26-20(25-18)27-21(29)31-4/h5-11,15,24H,12-13H2,1-4H3,(H2,25,26,27,29). The van der Waals surface area contributed by atoms with Gasteiger partial charge in [0, 0.05) is 24.8 Å². The highest BCUT2D eigenvalue weighted by molar-refractivity contribution is 5.86. The summed E-state index contributed by atoms with van der Waals surface area (Å²) in [5, 5.41) is 5.90. The number of carbonyl (C=O) groups is 2. The van der Waals surface area contributed by atoms with Gasteiger partial charge in [-0.25, -0.2) is 14.6 Å². The van der Waals surface area contributed by atoms with Crippen LogP contribution < -0.4 is 15.4 Å². The van der Waals surface area contributed by atoms with E-state index in [1.165, 1.54) is 7.11 Å². The predicted molar refractivity (Wildman–Crippen MR) is 124 cm³/mol. The first-order valence-corrected chi connectivity index (χ1v) is 10.6. The molecule has 1 aliphatic heterocycles. The summed E-state index contributed by atoms with van der Waals surface area (Å²) in [7, 11) is 1.29. The van der Waals surface area contributed by atoms with Crippen LogP contribution in [0.2, 0.25) is 0 Å². The number of H-pyrrole nitrogens is 1. The van der Waals surface area contributed by atoms with Crippen LogP contribution in [0.3, 0.4) is 0 Å². The number of imidazole rings is 1. The highest BCUT2D eigenvalue weighted by atomic mass is 16.6. The van der Waals surface area contributed by atoms with E-state index in [2.05, 4.69) is 25.3 Å². The fourth-order valence-corrected chi connectivity index (χ4v) is 3.30. The number of aromatic nitrogens is 2. The van der Waals surface area contributed by atoms with E-state index in [-0.39, 0.29) is 12.1 Å². The van der Waals surface area contributed by atoms with E-state index in [1.54, 1.807) is 23.1 Å². The fourth-order valence-electron chi connectivity index (χ4n) is 3.30. The zero-order valence-electron chi connectivity index (χ0n) is 19.0. The molecule has 10 heteroatoms. The molecule has 0 radical (unpaired) electrons. The summed E-state index contributed by atoms with van der Waals surface area (Å²) in [6.07, 6.45) is -0.884. The van der Waals surface area contributed by atoms with Crippen LogP contribution in [-0.4, -0.2) is 58.9 Å². The van der Waals surface area contributed by atoms with E-state index in [1.807, 2.05) is 45.0 Å². The van der Waals surface area contributed by atoms with Gasteiger partial charge in [0.1, 0.15) is 17.1 Å². The quantitative estimate of drug-likeness (QED) is 0.518. The molecule has 33 heavy (non-hydrogen) atoms. The number of hydrogen-bond donors (Lipinski definition) is 3. The second-order valence-electron chi connectivity index (χ2n) is 8.73. The monoisotopic (exact) mass is 453 g/mol. The summed E-state index contributed by atoms with van der Waals surface area (Å²) in [5.74, 6) is 1.60. The summed E-state index contributed by atoms with van der Waals surface area (Å²) >= 11 is 0. The molecule has 0 unspecified atom stereocenters. The van der Waals surface area contributed by atoms with Gasteiger partial charge in [-0.1, -0.05) is 0 Å².